The number of carbonyl (C=O) groups is 4. The molecule has 36 heavy (non-hydrogen) atoms. The van der Waals surface area contributed by atoms with Gasteiger partial charge in [-0.15, -0.1) is 0 Å². The molecule has 3 aliphatic rings. The molecule has 1 saturated carbocycles. The minimum atomic E-state index is -2.06. The highest BCUT2D eigenvalue weighted by Gasteiger charge is 2.55. The summed E-state index contributed by atoms with van der Waals surface area (Å²) in [5.41, 5.74) is -0.613. The van der Waals surface area contributed by atoms with Gasteiger partial charge in [0.15, 0.2) is 18.6 Å². The van der Waals surface area contributed by atoms with Crippen molar-refractivity contribution in [1.29, 1.82) is 0 Å². The molecule has 0 aromatic heterocycles. The normalized spacial score (nSPS) is 29.7. The molecule has 2 aromatic rings. The number of imide groups is 3. The molecule has 10 nitrogen and oxygen atoms in total. The predicted octanol–water partition coefficient (Wildman–Crippen LogP) is 1.83. The summed E-state index contributed by atoms with van der Waals surface area (Å²) < 4.78 is 11.9. The minimum absolute atomic E-state index is 0.0609. The zero-order chi connectivity index (χ0) is 25.4. The van der Waals surface area contributed by atoms with E-state index in [9.17, 15) is 29.4 Å². The maximum absolute atomic E-state index is 13.3. The molecule has 2 fully saturated rings. The van der Waals surface area contributed by atoms with Crippen LogP contribution in [-0.2, 0) is 14.3 Å². The fourth-order valence-electron chi connectivity index (χ4n) is 4.81. The third kappa shape index (κ3) is 3.98. The molecular weight excluding hydrogens is 468 g/mol. The maximum Gasteiger partial charge on any atom is 0.338 e. The molecular formula is C26H24N2O8. The summed E-state index contributed by atoms with van der Waals surface area (Å²) in [6.07, 6.45) is -1.02. The number of rotatable bonds is 4. The van der Waals surface area contributed by atoms with E-state index in [-0.39, 0.29) is 5.56 Å². The molecule has 1 aliphatic carbocycles. The molecule has 4 amide bonds. The van der Waals surface area contributed by atoms with Crippen molar-refractivity contribution in [3.63, 3.8) is 0 Å². The van der Waals surface area contributed by atoms with E-state index in [2.05, 4.69) is 0 Å². The quantitative estimate of drug-likeness (QED) is 0.375. The number of amides is 4. The highest BCUT2D eigenvalue weighted by Crippen LogP contribution is 2.43. The van der Waals surface area contributed by atoms with Gasteiger partial charge < -0.3 is 19.7 Å². The number of ether oxygens (including phenoxy) is 2. The number of esters is 1. The van der Waals surface area contributed by atoms with Gasteiger partial charge in [0.1, 0.15) is 11.7 Å². The topological polar surface area (TPSA) is 134 Å². The number of nitrogens with zero attached hydrogens (tertiary/aromatic N) is 2. The van der Waals surface area contributed by atoms with Gasteiger partial charge in [-0.3, -0.25) is 14.5 Å². The second-order valence-corrected chi connectivity index (χ2v) is 8.87. The van der Waals surface area contributed by atoms with E-state index in [0.29, 0.717) is 29.7 Å². The van der Waals surface area contributed by atoms with Crippen LogP contribution in [0.3, 0.4) is 0 Å². The number of aliphatic hydroxyl groups excluding tert-OH is 2. The Morgan fingerprint density at radius 1 is 0.972 bits per heavy atom. The molecule has 10 heteroatoms. The van der Waals surface area contributed by atoms with E-state index in [0.717, 1.165) is 4.90 Å². The molecule has 5 rings (SSSR count). The first-order chi connectivity index (χ1) is 17.3. The lowest BCUT2D eigenvalue weighted by Gasteiger charge is -2.42. The van der Waals surface area contributed by atoms with Gasteiger partial charge in [0, 0.05) is 5.56 Å². The van der Waals surface area contributed by atoms with Gasteiger partial charge in [0.25, 0.3) is 11.8 Å². The molecule has 186 valence electrons. The maximum atomic E-state index is 13.3. The van der Waals surface area contributed by atoms with Crippen molar-refractivity contribution < 1.29 is 38.9 Å². The van der Waals surface area contributed by atoms with Crippen molar-refractivity contribution in [2.45, 2.75) is 49.5 Å². The Morgan fingerprint density at radius 3 is 2.28 bits per heavy atom. The van der Waals surface area contributed by atoms with Crippen molar-refractivity contribution in [2.24, 2.45) is 0 Å². The Morgan fingerprint density at radius 2 is 1.61 bits per heavy atom. The fraction of sp³-hybridized carbons (Fsp3) is 0.308. The highest BCUT2D eigenvalue weighted by atomic mass is 16.6. The van der Waals surface area contributed by atoms with Crippen LogP contribution in [0.25, 0.3) is 0 Å². The van der Waals surface area contributed by atoms with Crippen LogP contribution in [0.5, 0.6) is 0 Å². The SMILES string of the molecule is O=C(O[C@H]1CCC[C@]12C=C[C@H](N1C(=O)N(C(=O)c3ccccc3)C(=O)C(O)C1O)O2)c1ccccc1. The summed E-state index contributed by atoms with van der Waals surface area (Å²) in [6, 6.07) is 15.0. The molecule has 1 saturated heterocycles. The highest BCUT2D eigenvalue weighted by molar-refractivity contribution is 6.18. The van der Waals surface area contributed by atoms with Crippen molar-refractivity contribution in [3.05, 3.63) is 83.9 Å². The van der Waals surface area contributed by atoms with E-state index in [4.69, 9.17) is 9.47 Å². The third-order valence-corrected chi connectivity index (χ3v) is 6.67. The van der Waals surface area contributed by atoms with Gasteiger partial charge in [-0.05, 0) is 55.7 Å². The lowest BCUT2D eigenvalue weighted by atomic mass is 10.0. The van der Waals surface area contributed by atoms with E-state index < -0.39 is 54.1 Å². The average molecular weight is 492 g/mol. The van der Waals surface area contributed by atoms with Gasteiger partial charge in [-0.1, -0.05) is 36.4 Å². The minimum Gasteiger partial charge on any atom is -0.455 e. The Bertz CT molecular complexity index is 1220. The van der Waals surface area contributed by atoms with E-state index in [1.807, 2.05) is 0 Å². The van der Waals surface area contributed by atoms with E-state index >= 15 is 0 Å². The van der Waals surface area contributed by atoms with E-state index in [1.54, 1.807) is 54.6 Å². The number of aliphatic hydroxyl groups is 2. The standard InChI is InChI=1S/C26H24N2O8/c29-20-22(31)27(25(34)28(23(20)32)21(30)16-8-3-1-4-9-16)19-13-15-26(36-19)14-7-12-18(26)35-24(33)17-10-5-2-6-11-17/h1-6,8-11,13,15,18-20,22,29,31H,7,12,14H2/t18-,19+,20?,22?,26-/m0/s1. The molecule has 2 heterocycles. The Kier molecular flexibility index (Phi) is 6.17. The van der Waals surface area contributed by atoms with Gasteiger partial charge in [-0.25, -0.2) is 9.59 Å². The van der Waals surface area contributed by atoms with Crippen LogP contribution in [0.2, 0.25) is 0 Å². The molecule has 2 unspecified atom stereocenters. The zero-order valence-electron chi connectivity index (χ0n) is 19.1. The summed E-state index contributed by atoms with van der Waals surface area (Å²) >= 11 is 0. The molecule has 2 aliphatic heterocycles. The second kappa shape index (κ2) is 9.30. The smallest absolute Gasteiger partial charge is 0.338 e. The lowest BCUT2D eigenvalue weighted by Crippen LogP contribution is -2.68. The van der Waals surface area contributed by atoms with Crippen molar-refractivity contribution in [3.8, 4) is 0 Å². The van der Waals surface area contributed by atoms with Crippen molar-refractivity contribution in [2.75, 3.05) is 0 Å². The fourth-order valence-corrected chi connectivity index (χ4v) is 4.81. The molecule has 0 bridgehead atoms. The van der Waals surface area contributed by atoms with Gasteiger partial charge in [-0.2, -0.15) is 4.90 Å². The summed E-state index contributed by atoms with van der Waals surface area (Å²) in [5.74, 6) is -2.68. The van der Waals surface area contributed by atoms with Crippen molar-refractivity contribution >= 4 is 23.8 Å². The van der Waals surface area contributed by atoms with Crippen LogP contribution in [0.4, 0.5) is 4.79 Å². The third-order valence-electron chi connectivity index (χ3n) is 6.67. The number of benzene rings is 2. The summed E-state index contributed by atoms with van der Waals surface area (Å²) in [4.78, 5) is 52.5. The van der Waals surface area contributed by atoms with Crippen molar-refractivity contribution in [1.82, 2.24) is 9.80 Å². The first-order valence-electron chi connectivity index (χ1n) is 11.6. The van der Waals surface area contributed by atoms with Crippen LogP contribution in [0.15, 0.2) is 72.8 Å². The lowest BCUT2D eigenvalue weighted by molar-refractivity contribution is -0.187. The van der Waals surface area contributed by atoms with Crippen LogP contribution >= 0.6 is 0 Å². The van der Waals surface area contributed by atoms with Gasteiger partial charge >= 0.3 is 12.0 Å². The zero-order valence-corrected chi connectivity index (χ0v) is 19.1. The largest absolute Gasteiger partial charge is 0.455 e. The molecule has 1 spiro atoms. The summed E-state index contributed by atoms with van der Waals surface area (Å²) in [7, 11) is 0. The summed E-state index contributed by atoms with van der Waals surface area (Å²) in [6.45, 7) is 0. The van der Waals surface area contributed by atoms with Crippen LogP contribution in [0.1, 0.15) is 40.0 Å². The Labute approximate surface area is 206 Å². The van der Waals surface area contributed by atoms with Gasteiger partial charge in [0.05, 0.1) is 5.56 Å². The number of urea groups is 1. The summed E-state index contributed by atoms with van der Waals surface area (Å²) in [5, 5.41) is 21.0. The molecule has 5 atom stereocenters. The molecule has 2 N–H and O–H groups in total. The molecule has 0 radical (unpaired) electrons. The monoisotopic (exact) mass is 492 g/mol. The molecule has 2 aromatic carbocycles. The van der Waals surface area contributed by atoms with E-state index in [1.165, 1.54) is 18.2 Å². The van der Waals surface area contributed by atoms with Crippen LogP contribution < -0.4 is 0 Å². The first-order valence-corrected chi connectivity index (χ1v) is 11.6. The number of hydrogen-bond acceptors (Lipinski definition) is 8. The van der Waals surface area contributed by atoms with Crippen LogP contribution in [0, 0.1) is 0 Å². The Hall–Kier alpha value is -3.86. The first kappa shape index (κ1) is 23.9. The average Bonchev–Trinajstić information content (AvgIpc) is 3.50. The van der Waals surface area contributed by atoms with Crippen LogP contribution in [-0.4, -0.2) is 74.1 Å². The Balaban J connectivity index is 1.36. The predicted molar refractivity (Wildman–Crippen MR) is 123 cm³/mol. The number of hydrogen-bond donors (Lipinski definition) is 2. The van der Waals surface area contributed by atoms with Gasteiger partial charge in [0.2, 0.25) is 0 Å². The number of carbonyl (C=O) groups excluding carboxylic acids is 4. The second-order valence-electron chi connectivity index (χ2n) is 8.87.